The summed E-state index contributed by atoms with van der Waals surface area (Å²) in [5.74, 6) is -2.59. The van der Waals surface area contributed by atoms with Crippen LogP contribution in [0.25, 0.3) is 0 Å². The van der Waals surface area contributed by atoms with Gasteiger partial charge >= 0.3 is 5.97 Å². The van der Waals surface area contributed by atoms with Crippen LogP contribution in [0.5, 0.6) is 0 Å². The maximum absolute atomic E-state index is 12.4. The molecule has 4 aliphatic rings. The molecule has 26 heavy (non-hydrogen) atoms. The molecule has 0 aliphatic heterocycles. The Balaban J connectivity index is 1.63. The third kappa shape index (κ3) is 2.47. The lowest BCUT2D eigenvalue weighted by Crippen LogP contribution is -2.58. The molecule has 148 valence electrons. The van der Waals surface area contributed by atoms with E-state index in [1.807, 2.05) is 0 Å². The third-order valence-electron chi connectivity index (χ3n) is 9.36. The number of ketones is 1. The molecule has 4 fully saturated rings. The number of carbonyl (C=O) groups is 1. The molecule has 4 saturated carbocycles. The van der Waals surface area contributed by atoms with Crippen LogP contribution >= 0.6 is 0 Å². The molecule has 0 saturated heterocycles. The summed E-state index contributed by atoms with van der Waals surface area (Å²) in [5, 5.41) is 39.2. The van der Waals surface area contributed by atoms with E-state index in [9.17, 15) is 25.2 Å². The second-order valence-electron chi connectivity index (χ2n) is 10.1. The number of hydrogen-bond donors (Lipinski definition) is 4. The average Bonchev–Trinajstić information content (AvgIpc) is 2.91. The Labute approximate surface area is 155 Å². The lowest BCUT2D eigenvalue weighted by Gasteiger charge is -2.61. The van der Waals surface area contributed by atoms with E-state index in [0.29, 0.717) is 30.1 Å². The Morgan fingerprint density at radius 1 is 0.923 bits per heavy atom. The maximum Gasteiger partial charge on any atom is 0.339 e. The minimum absolute atomic E-state index is 0.0146. The van der Waals surface area contributed by atoms with Gasteiger partial charge in [0.15, 0.2) is 0 Å². The highest BCUT2D eigenvalue weighted by molar-refractivity contribution is 5.87. The summed E-state index contributed by atoms with van der Waals surface area (Å²) in [5.41, 5.74) is -0.292. The molecule has 0 radical (unpaired) electrons. The third-order valence-corrected chi connectivity index (χ3v) is 9.36. The van der Waals surface area contributed by atoms with Crippen LogP contribution in [0.1, 0.15) is 71.6 Å². The second-order valence-corrected chi connectivity index (χ2v) is 10.1. The minimum atomic E-state index is -3.22. The zero-order valence-corrected chi connectivity index (χ0v) is 16.0. The number of fused-ring (bicyclic) bond motifs is 5. The van der Waals surface area contributed by atoms with Crippen molar-refractivity contribution in [1.29, 1.82) is 0 Å². The van der Waals surface area contributed by atoms with E-state index in [1.165, 1.54) is 6.42 Å². The highest BCUT2D eigenvalue weighted by Crippen LogP contribution is 2.67. The van der Waals surface area contributed by atoms with Gasteiger partial charge in [-0.15, -0.1) is 0 Å². The molecule has 1 unspecified atom stereocenters. The van der Waals surface area contributed by atoms with Crippen molar-refractivity contribution in [3.05, 3.63) is 0 Å². The van der Waals surface area contributed by atoms with Gasteiger partial charge in [0.05, 0.1) is 6.10 Å². The fourth-order valence-electron chi connectivity index (χ4n) is 7.98. The summed E-state index contributed by atoms with van der Waals surface area (Å²) < 4.78 is 0. The predicted molar refractivity (Wildman–Crippen MR) is 95.6 cm³/mol. The first-order valence-corrected chi connectivity index (χ1v) is 10.5. The number of aliphatic hydroxyl groups is 4. The van der Waals surface area contributed by atoms with Crippen molar-refractivity contribution in [3.63, 3.8) is 0 Å². The number of aliphatic hydroxyl groups excluding tert-OH is 1. The van der Waals surface area contributed by atoms with Gasteiger partial charge in [0.2, 0.25) is 5.78 Å². The quantitative estimate of drug-likeness (QED) is 0.562. The standard InChI is InChI=1S/C21H34O5/c1-19-11-10-15-13(7-6-12-4-3-5-17(22)20(12,15)2)14(19)8-9-16(19)18(23)21(24,25)26/h12-17,22,24-26H,3-11H2,1-2H3/t12-,13+,14+,15+,16-,17?,19+,20+/m1/s1. The van der Waals surface area contributed by atoms with E-state index in [0.717, 1.165) is 44.9 Å². The molecule has 0 aromatic carbocycles. The molecule has 0 bridgehead atoms. The van der Waals surface area contributed by atoms with Gasteiger partial charge < -0.3 is 20.4 Å². The van der Waals surface area contributed by atoms with Gasteiger partial charge in [-0.05, 0) is 85.9 Å². The molecular formula is C21H34O5. The van der Waals surface area contributed by atoms with Crippen molar-refractivity contribution in [1.82, 2.24) is 0 Å². The van der Waals surface area contributed by atoms with Gasteiger partial charge in [-0.1, -0.05) is 20.3 Å². The van der Waals surface area contributed by atoms with E-state index in [-0.39, 0.29) is 16.9 Å². The van der Waals surface area contributed by atoms with Crippen molar-refractivity contribution >= 4 is 5.78 Å². The van der Waals surface area contributed by atoms with Gasteiger partial charge in [0.25, 0.3) is 0 Å². The van der Waals surface area contributed by atoms with E-state index in [1.54, 1.807) is 0 Å². The van der Waals surface area contributed by atoms with Crippen molar-refractivity contribution in [2.45, 2.75) is 83.7 Å². The lowest BCUT2D eigenvalue weighted by molar-refractivity contribution is -0.291. The van der Waals surface area contributed by atoms with Crippen LogP contribution in [-0.4, -0.2) is 38.3 Å². The largest absolute Gasteiger partial charge is 0.393 e. The molecule has 4 rings (SSSR count). The molecule has 8 atom stereocenters. The number of Topliss-reactive ketones (excluding diaryl/α,β-unsaturated/α-hetero) is 1. The molecule has 0 aromatic heterocycles. The highest BCUT2D eigenvalue weighted by atomic mass is 16.7. The van der Waals surface area contributed by atoms with E-state index in [2.05, 4.69) is 13.8 Å². The zero-order chi connectivity index (χ0) is 18.9. The molecule has 0 spiro atoms. The van der Waals surface area contributed by atoms with Crippen LogP contribution in [0.3, 0.4) is 0 Å². The normalized spacial score (nSPS) is 51.3. The Kier molecular flexibility index (Phi) is 4.35. The number of carbonyl (C=O) groups excluding carboxylic acids is 1. The minimum Gasteiger partial charge on any atom is -0.393 e. The van der Waals surface area contributed by atoms with Crippen molar-refractivity contribution < 1.29 is 25.2 Å². The maximum atomic E-state index is 12.4. The SMILES string of the molecule is C[C@]12CC[C@H]3[C@@H](CC[C@H]4CCCC(O)[C@@]43C)[C@@H]1CC[C@@H]2C(=O)C(O)(O)O. The lowest BCUT2D eigenvalue weighted by atomic mass is 9.44. The van der Waals surface area contributed by atoms with Crippen LogP contribution in [0.15, 0.2) is 0 Å². The summed E-state index contributed by atoms with van der Waals surface area (Å²) in [7, 11) is 0. The fraction of sp³-hybridized carbons (Fsp3) is 0.952. The monoisotopic (exact) mass is 366 g/mol. The molecule has 4 N–H and O–H groups in total. The van der Waals surface area contributed by atoms with Crippen molar-refractivity contribution in [2.75, 3.05) is 0 Å². The zero-order valence-electron chi connectivity index (χ0n) is 16.0. The number of hydrogen-bond acceptors (Lipinski definition) is 5. The summed E-state index contributed by atoms with van der Waals surface area (Å²) in [6, 6.07) is 0. The first kappa shape index (κ1) is 18.9. The van der Waals surface area contributed by atoms with E-state index in [4.69, 9.17) is 0 Å². The predicted octanol–water partition coefficient (Wildman–Crippen LogP) is 2.21. The second kappa shape index (κ2) is 6.00. The Hall–Kier alpha value is -0.490. The summed E-state index contributed by atoms with van der Waals surface area (Å²) in [4.78, 5) is 12.4. The van der Waals surface area contributed by atoms with Crippen LogP contribution in [-0.2, 0) is 4.79 Å². The van der Waals surface area contributed by atoms with Crippen molar-refractivity contribution in [3.8, 4) is 0 Å². The molecular weight excluding hydrogens is 332 g/mol. The van der Waals surface area contributed by atoms with Crippen molar-refractivity contribution in [2.24, 2.45) is 40.4 Å². The van der Waals surface area contributed by atoms with Crippen LogP contribution in [0.2, 0.25) is 0 Å². The average molecular weight is 366 g/mol. The molecule has 4 aliphatic carbocycles. The van der Waals surface area contributed by atoms with Crippen LogP contribution < -0.4 is 0 Å². The molecule has 5 heteroatoms. The Morgan fingerprint density at radius 3 is 2.35 bits per heavy atom. The first-order chi connectivity index (χ1) is 12.1. The Bertz CT molecular complexity index is 583. The fourth-order valence-corrected chi connectivity index (χ4v) is 7.98. The first-order valence-electron chi connectivity index (χ1n) is 10.5. The highest BCUT2D eigenvalue weighted by Gasteiger charge is 2.63. The van der Waals surface area contributed by atoms with Crippen LogP contribution in [0.4, 0.5) is 0 Å². The van der Waals surface area contributed by atoms with E-state index >= 15 is 0 Å². The topological polar surface area (TPSA) is 98.0 Å². The Morgan fingerprint density at radius 2 is 1.65 bits per heavy atom. The van der Waals surface area contributed by atoms with Gasteiger partial charge in [-0.25, -0.2) is 0 Å². The van der Waals surface area contributed by atoms with Gasteiger partial charge in [0, 0.05) is 5.92 Å². The molecule has 0 aromatic rings. The summed E-state index contributed by atoms with van der Waals surface area (Å²) in [6.07, 6.45) is 8.71. The summed E-state index contributed by atoms with van der Waals surface area (Å²) in [6.45, 7) is 4.42. The smallest absolute Gasteiger partial charge is 0.339 e. The molecule has 0 heterocycles. The molecule has 0 amide bonds. The van der Waals surface area contributed by atoms with E-state index < -0.39 is 17.7 Å². The van der Waals surface area contributed by atoms with Crippen LogP contribution in [0, 0.1) is 40.4 Å². The summed E-state index contributed by atoms with van der Waals surface area (Å²) >= 11 is 0. The molecule has 5 nitrogen and oxygen atoms in total. The van der Waals surface area contributed by atoms with Gasteiger partial charge in [-0.2, -0.15) is 0 Å². The number of rotatable bonds is 2. The van der Waals surface area contributed by atoms with Gasteiger partial charge in [-0.3, -0.25) is 4.79 Å². The van der Waals surface area contributed by atoms with Gasteiger partial charge in [0.1, 0.15) is 0 Å².